The third kappa shape index (κ3) is 3.92. The van der Waals surface area contributed by atoms with Crippen LogP contribution in [0, 0.1) is 0 Å². The molecule has 0 fully saturated rings. The second-order valence-corrected chi connectivity index (χ2v) is 5.84. The van der Waals surface area contributed by atoms with Crippen LogP contribution in [-0.2, 0) is 14.3 Å². The number of hydrogen-bond acceptors (Lipinski definition) is 7. The predicted molar refractivity (Wildman–Crippen MR) is 74.1 cm³/mol. The molecule has 1 aromatic carbocycles. The first-order valence-corrected chi connectivity index (χ1v) is 7.87. The van der Waals surface area contributed by atoms with E-state index in [9.17, 15) is 8.42 Å². The molecule has 0 amide bonds. The van der Waals surface area contributed by atoms with Gasteiger partial charge in [0.15, 0.2) is 5.58 Å². The number of aromatic nitrogens is 1. The number of anilines is 1. The summed E-state index contributed by atoms with van der Waals surface area (Å²) in [6.07, 6.45) is 0.989. The van der Waals surface area contributed by atoms with Crippen molar-refractivity contribution in [2.45, 2.75) is 0 Å². The highest BCUT2D eigenvalue weighted by Gasteiger charge is 2.14. The zero-order chi connectivity index (χ0) is 14.6. The van der Waals surface area contributed by atoms with Gasteiger partial charge in [-0.2, -0.15) is 13.4 Å². The van der Waals surface area contributed by atoms with Crippen LogP contribution in [0.2, 0.25) is 0 Å². The van der Waals surface area contributed by atoms with Crippen LogP contribution in [0.25, 0.3) is 11.1 Å². The van der Waals surface area contributed by atoms with E-state index in [0.717, 1.165) is 6.26 Å². The van der Waals surface area contributed by atoms with Crippen molar-refractivity contribution in [1.29, 1.82) is 0 Å². The van der Waals surface area contributed by atoms with Crippen LogP contribution < -0.4 is 4.90 Å². The Labute approximate surface area is 116 Å². The van der Waals surface area contributed by atoms with Gasteiger partial charge in [-0.15, -0.1) is 0 Å². The maximum Gasteiger partial charge on any atom is 0.298 e. The first-order valence-electron chi connectivity index (χ1n) is 6.05. The molecule has 0 aliphatic rings. The number of benzene rings is 1. The van der Waals surface area contributed by atoms with Gasteiger partial charge in [0.05, 0.1) is 19.5 Å². The summed E-state index contributed by atoms with van der Waals surface area (Å²) in [6.45, 7) is 0.398. The maximum absolute atomic E-state index is 10.9. The van der Waals surface area contributed by atoms with Crippen molar-refractivity contribution in [3.63, 3.8) is 0 Å². The summed E-state index contributed by atoms with van der Waals surface area (Å²) in [5.74, 6) is 0. The molecule has 0 saturated heterocycles. The molecule has 0 saturated carbocycles. The molecule has 2 aromatic rings. The summed E-state index contributed by atoms with van der Waals surface area (Å²) in [5, 5.41) is 9.06. The molecular formula is C12H16N2O5S. The fourth-order valence-electron chi connectivity index (χ4n) is 1.72. The zero-order valence-electron chi connectivity index (χ0n) is 11.0. The van der Waals surface area contributed by atoms with Crippen molar-refractivity contribution in [1.82, 2.24) is 4.98 Å². The molecule has 0 unspecified atom stereocenters. The van der Waals surface area contributed by atoms with Gasteiger partial charge in [-0.1, -0.05) is 12.1 Å². The summed E-state index contributed by atoms with van der Waals surface area (Å²) in [4.78, 5) is 5.92. The van der Waals surface area contributed by atoms with E-state index in [1.807, 2.05) is 18.2 Å². The average molecular weight is 300 g/mol. The summed E-state index contributed by atoms with van der Waals surface area (Å²) in [5.41, 5.74) is 1.34. The van der Waals surface area contributed by atoms with Crippen molar-refractivity contribution < 1.29 is 22.1 Å². The smallest absolute Gasteiger partial charge is 0.298 e. The van der Waals surface area contributed by atoms with Crippen LogP contribution in [0.5, 0.6) is 0 Å². The van der Waals surface area contributed by atoms with Crippen molar-refractivity contribution in [2.24, 2.45) is 0 Å². The SMILES string of the molecule is CS(=O)(=O)OCCN(CCO)c1nc2ccccc2o1. The van der Waals surface area contributed by atoms with Gasteiger partial charge in [-0.25, -0.2) is 0 Å². The van der Waals surface area contributed by atoms with Crippen molar-refractivity contribution in [2.75, 3.05) is 37.5 Å². The van der Waals surface area contributed by atoms with Gasteiger partial charge in [0, 0.05) is 13.1 Å². The number of rotatable bonds is 7. The van der Waals surface area contributed by atoms with E-state index >= 15 is 0 Å². The van der Waals surface area contributed by atoms with Crippen molar-refractivity contribution >= 4 is 27.2 Å². The van der Waals surface area contributed by atoms with E-state index in [-0.39, 0.29) is 26.3 Å². The fourth-order valence-corrected chi connectivity index (χ4v) is 2.10. The van der Waals surface area contributed by atoms with E-state index in [0.29, 0.717) is 17.1 Å². The summed E-state index contributed by atoms with van der Waals surface area (Å²) in [6, 6.07) is 7.61. The number of aliphatic hydroxyl groups excluding tert-OH is 1. The Morgan fingerprint density at radius 1 is 1.35 bits per heavy atom. The van der Waals surface area contributed by atoms with E-state index in [4.69, 9.17) is 9.52 Å². The fraction of sp³-hybridized carbons (Fsp3) is 0.417. The summed E-state index contributed by atoms with van der Waals surface area (Å²) >= 11 is 0. The van der Waals surface area contributed by atoms with E-state index < -0.39 is 10.1 Å². The molecular weight excluding hydrogens is 284 g/mol. The molecule has 1 aromatic heterocycles. The number of fused-ring (bicyclic) bond motifs is 1. The largest absolute Gasteiger partial charge is 0.423 e. The second kappa shape index (κ2) is 6.21. The molecule has 0 bridgehead atoms. The number of hydrogen-bond donors (Lipinski definition) is 1. The number of aliphatic hydroxyl groups is 1. The van der Waals surface area contributed by atoms with Gasteiger partial charge in [-0.3, -0.25) is 4.18 Å². The minimum Gasteiger partial charge on any atom is -0.423 e. The van der Waals surface area contributed by atoms with Gasteiger partial charge < -0.3 is 14.4 Å². The quantitative estimate of drug-likeness (QED) is 0.748. The van der Waals surface area contributed by atoms with Gasteiger partial charge in [0.25, 0.3) is 16.1 Å². The lowest BCUT2D eigenvalue weighted by molar-refractivity contribution is 0.287. The molecule has 1 N–H and O–H groups in total. The molecule has 1 heterocycles. The third-order valence-electron chi connectivity index (χ3n) is 2.58. The molecule has 2 rings (SSSR count). The number of oxazole rings is 1. The van der Waals surface area contributed by atoms with Crippen molar-refractivity contribution in [3.8, 4) is 0 Å². The number of para-hydroxylation sites is 2. The Morgan fingerprint density at radius 2 is 2.10 bits per heavy atom. The predicted octanol–water partition coefficient (Wildman–Crippen LogP) is 0.603. The van der Waals surface area contributed by atoms with Gasteiger partial charge in [-0.05, 0) is 12.1 Å². The molecule has 0 radical (unpaired) electrons. The zero-order valence-corrected chi connectivity index (χ0v) is 11.8. The normalized spacial score (nSPS) is 11.9. The number of nitrogens with zero attached hydrogens (tertiary/aromatic N) is 2. The molecule has 7 nitrogen and oxygen atoms in total. The molecule has 0 spiro atoms. The van der Waals surface area contributed by atoms with Gasteiger partial charge >= 0.3 is 0 Å². The standard InChI is InChI=1S/C12H16N2O5S/c1-20(16,17)18-9-7-14(6-8-15)12-13-10-4-2-3-5-11(10)19-12/h2-5,15H,6-9H2,1H3. The van der Waals surface area contributed by atoms with Crippen molar-refractivity contribution in [3.05, 3.63) is 24.3 Å². The molecule has 0 aliphatic carbocycles. The Morgan fingerprint density at radius 3 is 2.75 bits per heavy atom. The van der Waals surface area contributed by atoms with Gasteiger partial charge in [0.2, 0.25) is 0 Å². The first kappa shape index (κ1) is 14.8. The van der Waals surface area contributed by atoms with Crippen LogP contribution in [0.1, 0.15) is 0 Å². The maximum atomic E-state index is 10.9. The molecule has 20 heavy (non-hydrogen) atoms. The highest BCUT2D eigenvalue weighted by Crippen LogP contribution is 2.21. The Bertz CT molecular complexity index is 634. The van der Waals surface area contributed by atoms with Crippen LogP contribution in [0.3, 0.4) is 0 Å². The topological polar surface area (TPSA) is 92.9 Å². The lowest BCUT2D eigenvalue weighted by atomic mass is 10.3. The first-order chi connectivity index (χ1) is 9.49. The van der Waals surface area contributed by atoms with Crippen LogP contribution >= 0.6 is 0 Å². The average Bonchev–Trinajstić information content (AvgIpc) is 2.80. The summed E-state index contributed by atoms with van der Waals surface area (Å²) in [7, 11) is -3.48. The van der Waals surface area contributed by atoms with Crippen LogP contribution in [0.4, 0.5) is 6.01 Å². The minimum atomic E-state index is -3.48. The van der Waals surface area contributed by atoms with Gasteiger partial charge in [0.1, 0.15) is 5.52 Å². The Kier molecular flexibility index (Phi) is 4.58. The van der Waals surface area contributed by atoms with Crippen LogP contribution in [0.15, 0.2) is 28.7 Å². The molecule has 0 atom stereocenters. The van der Waals surface area contributed by atoms with E-state index in [2.05, 4.69) is 9.17 Å². The Balaban J connectivity index is 2.11. The second-order valence-electron chi connectivity index (χ2n) is 4.20. The molecule has 8 heteroatoms. The molecule has 110 valence electrons. The van der Waals surface area contributed by atoms with E-state index in [1.165, 1.54) is 0 Å². The highest BCUT2D eigenvalue weighted by molar-refractivity contribution is 7.85. The lowest BCUT2D eigenvalue weighted by Crippen LogP contribution is -2.31. The monoisotopic (exact) mass is 300 g/mol. The summed E-state index contributed by atoms with van der Waals surface area (Å²) < 4.78 is 32.1. The minimum absolute atomic E-state index is 0.0302. The van der Waals surface area contributed by atoms with Crippen LogP contribution in [-0.4, -0.2) is 51.1 Å². The molecule has 0 aliphatic heterocycles. The van der Waals surface area contributed by atoms with E-state index in [1.54, 1.807) is 11.0 Å². The highest BCUT2D eigenvalue weighted by atomic mass is 32.2. The Hall–Kier alpha value is -1.64. The third-order valence-corrected chi connectivity index (χ3v) is 3.18. The lowest BCUT2D eigenvalue weighted by Gasteiger charge is -2.18.